The fourth-order valence-corrected chi connectivity index (χ4v) is 4.05. The molecule has 1 aliphatic heterocycles. The van der Waals surface area contributed by atoms with Crippen LogP contribution in [-0.2, 0) is 16.0 Å². The Morgan fingerprint density at radius 1 is 1.09 bits per heavy atom. The van der Waals surface area contributed by atoms with E-state index in [1.165, 1.54) is 23.3 Å². The summed E-state index contributed by atoms with van der Waals surface area (Å²) in [5.41, 5.74) is 5.08. The summed E-state index contributed by atoms with van der Waals surface area (Å²) in [6.45, 7) is 4.38. The van der Waals surface area contributed by atoms with Gasteiger partial charge in [-0.2, -0.15) is 0 Å². The molecule has 2 heterocycles. The van der Waals surface area contributed by atoms with Gasteiger partial charge in [-0.25, -0.2) is 9.97 Å². The summed E-state index contributed by atoms with van der Waals surface area (Å²) in [6.07, 6.45) is 5.88. The number of aryl methyl sites for hydroxylation is 1. The van der Waals surface area contributed by atoms with Gasteiger partial charge in [-0.1, -0.05) is 12.1 Å². The molecule has 2 amide bonds. The van der Waals surface area contributed by atoms with Crippen molar-refractivity contribution < 1.29 is 9.59 Å². The van der Waals surface area contributed by atoms with Gasteiger partial charge in [0.2, 0.25) is 11.8 Å². The first-order valence-corrected chi connectivity index (χ1v) is 11.4. The molecule has 2 aromatic carbocycles. The number of nitrogens with zero attached hydrogens (tertiary/aromatic N) is 4. The average Bonchev–Trinajstić information content (AvgIpc) is 3.23. The number of hydrogen-bond donors (Lipinski definition) is 2. The molecule has 0 bridgehead atoms. The number of carbonyl (C=O) groups is 2. The minimum atomic E-state index is -0.372. The second kappa shape index (κ2) is 10.4. The zero-order valence-corrected chi connectivity index (χ0v) is 19.8. The molecule has 0 radical (unpaired) electrons. The predicted molar refractivity (Wildman–Crippen MR) is 135 cm³/mol. The van der Waals surface area contributed by atoms with Crippen molar-refractivity contribution >= 4 is 39.9 Å². The fourth-order valence-electron chi connectivity index (χ4n) is 4.05. The molecule has 4 rings (SSSR count). The number of aromatic nitrogens is 2. The van der Waals surface area contributed by atoms with Crippen molar-refractivity contribution in [2.75, 3.05) is 43.9 Å². The Kier molecular flexibility index (Phi) is 7.18. The average molecular weight is 459 g/mol. The third-order valence-corrected chi connectivity index (χ3v) is 5.74. The summed E-state index contributed by atoms with van der Waals surface area (Å²) in [7, 11) is 3.97. The molecule has 3 aromatic rings. The van der Waals surface area contributed by atoms with E-state index in [2.05, 4.69) is 55.5 Å². The van der Waals surface area contributed by atoms with Gasteiger partial charge in [-0.05, 0) is 75.8 Å². The highest BCUT2D eigenvalue weighted by Crippen LogP contribution is 2.37. The number of fused-ring (bicyclic) bond motifs is 2. The monoisotopic (exact) mass is 458 g/mol. The lowest BCUT2D eigenvalue weighted by atomic mass is 10.1. The van der Waals surface area contributed by atoms with E-state index in [-0.39, 0.29) is 11.8 Å². The molecule has 176 valence electrons. The smallest absolute Gasteiger partial charge is 0.248 e. The van der Waals surface area contributed by atoms with Crippen LogP contribution < -0.4 is 15.5 Å². The van der Waals surface area contributed by atoms with Crippen molar-refractivity contribution in [3.63, 3.8) is 0 Å². The van der Waals surface area contributed by atoms with Crippen LogP contribution in [0.1, 0.15) is 17.5 Å². The van der Waals surface area contributed by atoms with E-state index in [1.54, 1.807) is 12.4 Å². The van der Waals surface area contributed by atoms with Crippen molar-refractivity contribution in [3.05, 3.63) is 66.0 Å². The second-order valence-electron chi connectivity index (χ2n) is 8.73. The number of rotatable bonds is 8. The quantitative estimate of drug-likeness (QED) is 0.398. The Labute approximate surface area is 199 Å². The summed E-state index contributed by atoms with van der Waals surface area (Å²) in [5, 5.41) is 6.47. The van der Waals surface area contributed by atoms with Crippen LogP contribution in [0.25, 0.3) is 10.9 Å². The van der Waals surface area contributed by atoms with Gasteiger partial charge in [0, 0.05) is 42.0 Å². The maximum absolute atomic E-state index is 12.4. The van der Waals surface area contributed by atoms with E-state index in [0.29, 0.717) is 12.2 Å². The number of benzene rings is 2. The van der Waals surface area contributed by atoms with E-state index >= 15 is 0 Å². The molecule has 0 atom stereocenters. The number of amides is 2. The van der Waals surface area contributed by atoms with Gasteiger partial charge < -0.3 is 20.4 Å². The largest absolute Gasteiger partial charge is 0.353 e. The molecular weight excluding hydrogens is 428 g/mol. The Morgan fingerprint density at radius 2 is 1.91 bits per heavy atom. The lowest BCUT2D eigenvalue weighted by Crippen LogP contribution is -2.25. The highest BCUT2D eigenvalue weighted by molar-refractivity contribution is 6.05. The van der Waals surface area contributed by atoms with E-state index in [0.717, 1.165) is 48.3 Å². The summed E-state index contributed by atoms with van der Waals surface area (Å²) >= 11 is 0. The van der Waals surface area contributed by atoms with Crippen LogP contribution in [-0.4, -0.2) is 60.4 Å². The topological polar surface area (TPSA) is 90.5 Å². The molecule has 8 heteroatoms. The Hall–Kier alpha value is -3.78. The lowest BCUT2D eigenvalue weighted by Gasteiger charge is -2.20. The van der Waals surface area contributed by atoms with Gasteiger partial charge in [0.15, 0.2) is 0 Å². The van der Waals surface area contributed by atoms with Crippen LogP contribution in [0.15, 0.2) is 54.9 Å². The van der Waals surface area contributed by atoms with E-state index in [9.17, 15) is 9.59 Å². The second-order valence-corrected chi connectivity index (χ2v) is 8.73. The Morgan fingerprint density at radius 3 is 2.74 bits per heavy atom. The third-order valence-electron chi connectivity index (χ3n) is 5.74. The highest BCUT2D eigenvalue weighted by Gasteiger charge is 2.23. The van der Waals surface area contributed by atoms with Crippen LogP contribution >= 0.6 is 0 Å². The number of anilines is 3. The zero-order chi connectivity index (χ0) is 24.1. The predicted octanol–water partition coefficient (Wildman–Crippen LogP) is 3.20. The fraction of sp³-hybridized carbons (Fsp3) is 0.308. The van der Waals surface area contributed by atoms with E-state index in [1.807, 2.05) is 26.2 Å². The van der Waals surface area contributed by atoms with Gasteiger partial charge in [0.05, 0.1) is 5.52 Å². The maximum Gasteiger partial charge on any atom is 0.248 e. The number of hydrogen-bond acceptors (Lipinski definition) is 6. The van der Waals surface area contributed by atoms with E-state index in [4.69, 9.17) is 0 Å². The third kappa shape index (κ3) is 5.58. The summed E-state index contributed by atoms with van der Waals surface area (Å²) in [5.74, 6) is 0.160. The summed E-state index contributed by atoms with van der Waals surface area (Å²) in [4.78, 5) is 37.5. The summed E-state index contributed by atoms with van der Waals surface area (Å²) < 4.78 is 0. The standard InChI is InChI=1S/C26H30N6O2/c1-18-5-6-19-11-14-32(23(19)15-18)26-21-16-20(7-8-22(21)28-17-29-26)30-25(34)10-9-24(33)27-12-4-13-31(2)3/h5-10,15-17H,4,11-14H2,1-3H3,(H,27,33)(H,30,34). The Bertz CT molecular complexity index is 1240. The molecule has 0 saturated carbocycles. The molecule has 34 heavy (non-hydrogen) atoms. The molecule has 2 N–H and O–H groups in total. The SMILES string of the molecule is Cc1ccc2c(c1)N(c1ncnc3ccc(NC(=O)C=CC(=O)NCCCN(C)C)cc13)CC2. The first kappa shape index (κ1) is 23.4. The van der Waals surface area contributed by atoms with Gasteiger partial charge in [0.25, 0.3) is 0 Å². The molecule has 0 unspecified atom stereocenters. The van der Waals surface area contributed by atoms with Gasteiger partial charge >= 0.3 is 0 Å². The molecular formula is C26H30N6O2. The molecule has 0 spiro atoms. The molecule has 0 saturated heterocycles. The van der Waals surface area contributed by atoms with Gasteiger partial charge in [0.1, 0.15) is 12.1 Å². The van der Waals surface area contributed by atoms with Gasteiger partial charge in [-0.3, -0.25) is 9.59 Å². The van der Waals surface area contributed by atoms with E-state index < -0.39 is 0 Å². The van der Waals surface area contributed by atoms with Crippen LogP contribution in [0.2, 0.25) is 0 Å². The molecule has 1 aromatic heterocycles. The first-order valence-electron chi connectivity index (χ1n) is 11.4. The molecule has 8 nitrogen and oxygen atoms in total. The first-order chi connectivity index (χ1) is 16.4. The molecule has 0 aliphatic carbocycles. The molecule has 1 aliphatic rings. The van der Waals surface area contributed by atoms with Crippen LogP contribution in [0, 0.1) is 6.92 Å². The number of carbonyl (C=O) groups excluding carboxylic acids is 2. The van der Waals surface area contributed by atoms with Crippen molar-refractivity contribution in [1.29, 1.82) is 0 Å². The van der Waals surface area contributed by atoms with Crippen molar-refractivity contribution in [2.24, 2.45) is 0 Å². The van der Waals surface area contributed by atoms with Crippen molar-refractivity contribution in [1.82, 2.24) is 20.2 Å². The van der Waals surface area contributed by atoms with Gasteiger partial charge in [-0.15, -0.1) is 0 Å². The van der Waals surface area contributed by atoms with Crippen LogP contribution in [0.4, 0.5) is 17.2 Å². The normalized spacial score (nSPS) is 13.0. The van der Waals surface area contributed by atoms with Crippen LogP contribution in [0.5, 0.6) is 0 Å². The minimum Gasteiger partial charge on any atom is -0.353 e. The zero-order valence-electron chi connectivity index (χ0n) is 19.8. The number of nitrogens with one attached hydrogen (secondary N) is 2. The van der Waals surface area contributed by atoms with Crippen LogP contribution in [0.3, 0.4) is 0 Å². The highest BCUT2D eigenvalue weighted by atomic mass is 16.2. The van der Waals surface area contributed by atoms with Crippen molar-refractivity contribution in [2.45, 2.75) is 19.8 Å². The lowest BCUT2D eigenvalue weighted by molar-refractivity contribution is -0.117. The maximum atomic E-state index is 12.4. The summed E-state index contributed by atoms with van der Waals surface area (Å²) in [6, 6.07) is 12.0. The van der Waals surface area contributed by atoms with Crippen molar-refractivity contribution in [3.8, 4) is 0 Å². The Balaban J connectivity index is 1.46. The minimum absolute atomic E-state index is 0.286. The molecule has 0 fully saturated rings.